The number of aromatic nitrogens is 2. The average molecular weight is 500 g/mol. The van der Waals surface area contributed by atoms with Gasteiger partial charge in [0.1, 0.15) is 11.4 Å². The van der Waals surface area contributed by atoms with Gasteiger partial charge in [-0.3, -0.25) is 0 Å². The summed E-state index contributed by atoms with van der Waals surface area (Å²) in [6.07, 6.45) is 0.550. The van der Waals surface area contributed by atoms with Gasteiger partial charge in [0.25, 0.3) is 0 Å². The van der Waals surface area contributed by atoms with Gasteiger partial charge in [-0.2, -0.15) is 0 Å². The summed E-state index contributed by atoms with van der Waals surface area (Å²) in [5, 5.41) is 9.47. The van der Waals surface area contributed by atoms with E-state index in [1.165, 1.54) is 0 Å². The lowest BCUT2D eigenvalue weighted by atomic mass is 10.1. The third kappa shape index (κ3) is 4.80. The van der Waals surface area contributed by atoms with Crippen LogP contribution in [0.3, 0.4) is 0 Å². The molecule has 2 heterocycles. The number of carboxylic acid groups (broad SMARTS) is 1. The summed E-state index contributed by atoms with van der Waals surface area (Å²) in [7, 11) is 0. The smallest absolute Gasteiger partial charge is 0.410 e. The largest absolute Gasteiger partial charge is 0.478 e. The van der Waals surface area contributed by atoms with Crippen LogP contribution >= 0.6 is 15.9 Å². The summed E-state index contributed by atoms with van der Waals surface area (Å²) < 4.78 is 8.57. The molecule has 1 N–H and O–H groups in total. The van der Waals surface area contributed by atoms with Crippen molar-refractivity contribution >= 4 is 39.0 Å². The standard InChI is InChI=1S/C24H26BrN3O4/c1-24(2,3)32-23(31)27-11-10-15(13-27)14-28-20-12-17(22(29)30)6-9-19(20)26-21(28)16-4-7-18(25)8-5-16/h4-9,12,15H,10-11,13-14H2,1-3H3,(H,29,30)/t15-/m0/s1. The number of amides is 1. The van der Waals surface area contributed by atoms with Gasteiger partial charge in [0.15, 0.2) is 0 Å². The third-order valence-corrected chi connectivity index (χ3v) is 6.00. The number of ether oxygens (including phenoxy) is 1. The summed E-state index contributed by atoms with van der Waals surface area (Å²) >= 11 is 3.47. The molecule has 0 saturated carbocycles. The summed E-state index contributed by atoms with van der Waals surface area (Å²) in [5.41, 5.74) is 2.16. The Bertz CT molecular complexity index is 1160. The molecule has 0 bridgehead atoms. The molecule has 3 aromatic rings. The molecule has 1 amide bonds. The quantitative estimate of drug-likeness (QED) is 0.517. The highest BCUT2D eigenvalue weighted by Crippen LogP contribution is 2.30. The number of carboxylic acids is 1. The number of hydrogen-bond donors (Lipinski definition) is 1. The number of benzene rings is 2. The lowest BCUT2D eigenvalue weighted by molar-refractivity contribution is 0.0287. The zero-order valence-electron chi connectivity index (χ0n) is 18.3. The first-order valence-electron chi connectivity index (χ1n) is 10.6. The number of likely N-dealkylation sites (tertiary alicyclic amines) is 1. The van der Waals surface area contributed by atoms with Crippen molar-refractivity contribution < 1.29 is 19.4 Å². The lowest BCUT2D eigenvalue weighted by Gasteiger charge is -2.24. The van der Waals surface area contributed by atoms with Crippen molar-refractivity contribution in [2.24, 2.45) is 5.92 Å². The minimum atomic E-state index is -0.971. The Labute approximate surface area is 195 Å². The van der Waals surface area contributed by atoms with Gasteiger partial charge >= 0.3 is 12.1 Å². The van der Waals surface area contributed by atoms with Gasteiger partial charge in [-0.25, -0.2) is 14.6 Å². The molecule has 1 fully saturated rings. The van der Waals surface area contributed by atoms with Gasteiger partial charge in [-0.1, -0.05) is 28.1 Å². The molecule has 7 nitrogen and oxygen atoms in total. The third-order valence-electron chi connectivity index (χ3n) is 5.48. The molecule has 1 aliphatic rings. The van der Waals surface area contributed by atoms with Crippen molar-refractivity contribution in [3.63, 3.8) is 0 Å². The van der Waals surface area contributed by atoms with Gasteiger partial charge in [0.2, 0.25) is 0 Å². The SMILES string of the molecule is CC(C)(C)OC(=O)N1CC[C@H](Cn2c(-c3ccc(Br)cc3)nc3ccc(C(=O)O)cc32)C1. The second-order valence-corrected chi connectivity index (χ2v) is 10.1. The number of aromatic carboxylic acids is 1. The summed E-state index contributed by atoms with van der Waals surface area (Å²) in [5.74, 6) is 0.0233. The maximum atomic E-state index is 12.5. The molecule has 0 spiro atoms. The van der Waals surface area contributed by atoms with Crippen molar-refractivity contribution in [2.75, 3.05) is 13.1 Å². The van der Waals surface area contributed by atoms with Crippen LogP contribution in [0.4, 0.5) is 4.79 Å². The Morgan fingerprint density at radius 1 is 1.19 bits per heavy atom. The summed E-state index contributed by atoms with van der Waals surface area (Å²) in [6, 6.07) is 12.9. The summed E-state index contributed by atoms with van der Waals surface area (Å²) in [4.78, 5) is 30.6. The topological polar surface area (TPSA) is 84.7 Å². The second kappa shape index (κ2) is 8.58. The monoisotopic (exact) mass is 499 g/mol. The fourth-order valence-corrected chi connectivity index (χ4v) is 4.26. The zero-order valence-corrected chi connectivity index (χ0v) is 19.9. The Morgan fingerprint density at radius 3 is 2.56 bits per heavy atom. The van der Waals surface area contributed by atoms with Gasteiger partial charge < -0.3 is 19.3 Å². The van der Waals surface area contributed by atoms with E-state index in [9.17, 15) is 14.7 Å². The van der Waals surface area contributed by atoms with E-state index < -0.39 is 11.6 Å². The predicted octanol–water partition coefficient (Wildman–Crippen LogP) is 5.42. The van der Waals surface area contributed by atoms with Crippen LogP contribution in [0.1, 0.15) is 37.6 Å². The first-order valence-corrected chi connectivity index (χ1v) is 11.4. The Balaban J connectivity index is 1.66. The first-order chi connectivity index (χ1) is 15.1. The number of halogens is 1. The van der Waals surface area contributed by atoms with Crippen LogP contribution in [0.25, 0.3) is 22.4 Å². The Hall–Kier alpha value is -2.87. The van der Waals surface area contributed by atoms with Crippen molar-refractivity contribution in [2.45, 2.75) is 39.3 Å². The van der Waals surface area contributed by atoms with Crippen LogP contribution in [0.15, 0.2) is 46.9 Å². The molecule has 32 heavy (non-hydrogen) atoms. The van der Waals surface area contributed by atoms with E-state index in [1.54, 1.807) is 23.1 Å². The fourth-order valence-electron chi connectivity index (χ4n) is 3.99. The highest BCUT2D eigenvalue weighted by atomic mass is 79.9. The van der Waals surface area contributed by atoms with Gasteiger partial charge in [0, 0.05) is 29.7 Å². The van der Waals surface area contributed by atoms with Crippen molar-refractivity contribution in [3.05, 3.63) is 52.5 Å². The first kappa shape index (κ1) is 22.3. The van der Waals surface area contributed by atoms with Crippen LogP contribution < -0.4 is 0 Å². The van der Waals surface area contributed by atoms with Gasteiger partial charge in [0.05, 0.1) is 16.6 Å². The van der Waals surface area contributed by atoms with Crippen molar-refractivity contribution in [3.8, 4) is 11.4 Å². The molecule has 1 aliphatic heterocycles. The molecule has 0 radical (unpaired) electrons. The number of rotatable bonds is 4. The van der Waals surface area contributed by atoms with E-state index in [4.69, 9.17) is 9.72 Å². The highest BCUT2D eigenvalue weighted by molar-refractivity contribution is 9.10. The molecule has 1 saturated heterocycles. The molecule has 1 aromatic heterocycles. The van der Waals surface area contributed by atoms with Gasteiger partial charge in [-0.05, 0) is 63.4 Å². The predicted molar refractivity (Wildman–Crippen MR) is 126 cm³/mol. The molecular formula is C24H26BrN3O4. The van der Waals surface area contributed by atoms with Gasteiger partial charge in [-0.15, -0.1) is 0 Å². The normalized spacial score (nSPS) is 16.5. The Morgan fingerprint density at radius 2 is 1.91 bits per heavy atom. The maximum Gasteiger partial charge on any atom is 0.410 e. The zero-order chi connectivity index (χ0) is 23.0. The van der Waals surface area contributed by atoms with E-state index in [-0.39, 0.29) is 17.6 Å². The number of carbonyl (C=O) groups excluding carboxylic acids is 1. The molecule has 4 rings (SSSR count). The molecule has 1 atom stereocenters. The molecule has 0 aliphatic carbocycles. The number of nitrogens with zero attached hydrogens (tertiary/aromatic N) is 3. The van der Waals surface area contributed by atoms with Crippen LogP contribution in [0.2, 0.25) is 0 Å². The molecular weight excluding hydrogens is 474 g/mol. The van der Waals surface area contributed by atoms with E-state index in [1.807, 2.05) is 45.0 Å². The van der Waals surface area contributed by atoms with Crippen LogP contribution in [0.5, 0.6) is 0 Å². The number of hydrogen-bond acceptors (Lipinski definition) is 4. The maximum absolute atomic E-state index is 12.5. The van der Waals surface area contributed by atoms with E-state index in [0.29, 0.717) is 19.6 Å². The number of imidazole rings is 1. The van der Waals surface area contributed by atoms with E-state index in [2.05, 4.69) is 20.5 Å². The average Bonchev–Trinajstić information content (AvgIpc) is 3.32. The second-order valence-electron chi connectivity index (χ2n) is 9.14. The Kier molecular flexibility index (Phi) is 5.99. The molecule has 168 valence electrons. The van der Waals surface area contributed by atoms with Crippen LogP contribution in [-0.4, -0.2) is 50.3 Å². The van der Waals surface area contributed by atoms with E-state index >= 15 is 0 Å². The summed E-state index contributed by atoms with van der Waals surface area (Å²) in [6.45, 7) is 7.44. The minimum absolute atomic E-state index is 0.211. The van der Waals surface area contributed by atoms with E-state index in [0.717, 1.165) is 33.3 Å². The molecule has 2 aromatic carbocycles. The molecule has 8 heteroatoms. The molecule has 0 unspecified atom stereocenters. The lowest BCUT2D eigenvalue weighted by Crippen LogP contribution is -2.35. The number of fused-ring (bicyclic) bond motifs is 1. The minimum Gasteiger partial charge on any atom is -0.478 e. The van der Waals surface area contributed by atoms with Crippen LogP contribution in [-0.2, 0) is 11.3 Å². The van der Waals surface area contributed by atoms with Crippen LogP contribution in [0, 0.1) is 5.92 Å². The fraction of sp³-hybridized carbons (Fsp3) is 0.375. The number of carbonyl (C=O) groups is 2. The van der Waals surface area contributed by atoms with Crippen molar-refractivity contribution in [1.82, 2.24) is 14.5 Å². The van der Waals surface area contributed by atoms with Crippen molar-refractivity contribution in [1.29, 1.82) is 0 Å². The highest BCUT2D eigenvalue weighted by Gasteiger charge is 2.31.